The van der Waals surface area contributed by atoms with Gasteiger partial charge in [-0.2, -0.15) is 5.10 Å². The summed E-state index contributed by atoms with van der Waals surface area (Å²) in [5.74, 6) is 1.49. The number of benzene rings is 1. The number of nitrogens with zero attached hydrogens (tertiary/aromatic N) is 5. The van der Waals surface area contributed by atoms with Crippen LogP contribution in [-0.4, -0.2) is 48.9 Å². The van der Waals surface area contributed by atoms with Crippen molar-refractivity contribution in [3.63, 3.8) is 0 Å². The van der Waals surface area contributed by atoms with Crippen molar-refractivity contribution in [3.8, 4) is 0 Å². The Morgan fingerprint density at radius 2 is 2.10 bits per heavy atom. The van der Waals surface area contributed by atoms with E-state index in [4.69, 9.17) is 4.74 Å². The zero-order chi connectivity index (χ0) is 21.6. The first-order valence-corrected chi connectivity index (χ1v) is 11.5. The van der Waals surface area contributed by atoms with Gasteiger partial charge >= 0.3 is 0 Å². The number of hydrogen-bond acceptors (Lipinski definition) is 6. The van der Waals surface area contributed by atoms with E-state index in [1.165, 1.54) is 0 Å². The summed E-state index contributed by atoms with van der Waals surface area (Å²) in [5.41, 5.74) is 3.03. The lowest BCUT2D eigenvalue weighted by Gasteiger charge is -2.13. The molecule has 1 aromatic carbocycles. The van der Waals surface area contributed by atoms with Gasteiger partial charge < -0.3 is 14.6 Å². The van der Waals surface area contributed by atoms with Gasteiger partial charge in [0.25, 0.3) is 0 Å². The molecule has 8 nitrogen and oxygen atoms in total. The van der Waals surface area contributed by atoms with Crippen molar-refractivity contribution in [2.45, 2.75) is 57.6 Å². The highest BCUT2D eigenvalue weighted by Gasteiger charge is 2.19. The van der Waals surface area contributed by atoms with Crippen molar-refractivity contribution < 1.29 is 9.53 Å². The average molecular weight is 441 g/mol. The summed E-state index contributed by atoms with van der Waals surface area (Å²) in [6.07, 6.45) is 2.49. The highest BCUT2D eigenvalue weighted by Crippen LogP contribution is 2.24. The second kappa shape index (κ2) is 10.1. The minimum atomic E-state index is -0.103. The van der Waals surface area contributed by atoms with Gasteiger partial charge in [-0.05, 0) is 38.3 Å². The molecule has 1 N–H and O–H groups in total. The van der Waals surface area contributed by atoms with Gasteiger partial charge in [-0.1, -0.05) is 42.1 Å². The van der Waals surface area contributed by atoms with Crippen molar-refractivity contribution >= 4 is 17.7 Å². The Hall–Kier alpha value is -2.65. The molecule has 1 aliphatic rings. The van der Waals surface area contributed by atoms with Gasteiger partial charge in [0, 0.05) is 18.1 Å². The lowest BCUT2D eigenvalue weighted by Crippen LogP contribution is -2.29. The molecule has 1 amide bonds. The fourth-order valence-electron chi connectivity index (χ4n) is 3.63. The third-order valence-electron chi connectivity index (χ3n) is 5.24. The van der Waals surface area contributed by atoms with Crippen LogP contribution in [0.4, 0.5) is 0 Å². The molecular formula is C22H28N6O2S. The lowest BCUT2D eigenvalue weighted by atomic mass is 10.2. The van der Waals surface area contributed by atoms with E-state index in [9.17, 15) is 4.79 Å². The third-order valence-corrected chi connectivity index (χ3v) is 6.34. The second-order valence-electron chi connectivity index (χ2n) is 7.78. The predicted octanol–water partition coefficient (Wildman–Crippen LogP) is 2.73. The number of carbonyl (C=O) groups is 1. The highest BCUT2D eigenvalue weighted by atomic mass is 32.2. The zero-order valence-corrected chi connectivity index (χ0v) is 18.8. The van der Waals surface area contributed by atoms with Gasteiger partial charge in [0.05, 0.1) is 24.9 Å². The number of amides is 1. The van der Waals surface area contributed by atoms with Crippen LogP contribution < -0.4 is 5.32 Å². The Labute approximate surface area is 186 Å². The number of nitrogens with one attached hydrogen (secondary N) is 1. The van der Waals surface area contributed by atoms with Crippen LogP contribution in [0.15, 0.2) is 41.6 Å². The smallest absolute Gasteiger partial charge is 0.242 e. The number of ether oxygens (including phenoxy) is 1. The molecule has 1 atom stereocenters. The number of rotatable bonds is 9. The molecule has 3 aromatic rings. The molecule has 0 aliphatic carbocycles. The highest BCUT2D eigenvalue weighted by molar-refractivity contribution is 7.99. The zero-order valence-electron chi connectivity index (χ0n) is 18.0. The monoisotopic (exact) mass is 440 g/mol. The molecule has 0 spiro atoms. The van der Waals surface area contributed by atoms with E-state index in [0.717, 1.165) is 53.1 Å². The lowest BCUT2D eigenvalue weighted by molar-refractivity contribution is -0.122. The van der Waals surface area contributed by atoms with Crippen LogP contribution in [0.1, 0.15) is 35.6 Å². The molecule has 1 fully saturated rings. The second-order valence-corrected chi connectivity index (χ2v) is 8.77. The van der Waals surface area contributed by atoms with E-state index in [0.29, 0.717) is 13.1 Å². The maximum absolute atomic E-state index is 12.5. The third kappa shape index (κ3) is 5.74. The molecule has 1 aliphatic heterocycles. The van der Waals surface area contributed by atoms with Crippen molar-refractivity contribution in [1.82, 2.24) is 29.9 Å². The van der Waals surface area contributed by atoms with Crippen molar-refractivity contribution in [2.24, 2.45) is 0 Å². The van der Waals surface area contributed by atoms with Crippen LogP contribution in [0.3, 0.4) is 0 Å². The standard InChI is InChI=1S/C22H28N6O2S/c1-16-11-17(2)28(26-16)14-21(29)23-12-20-24-25-22(31-15-19-9-6-10-30-19)27(20)13-18-7-4-3-5-8-18/h3-5,7-8,11,19H,6,9-10,12-15H2,1-2H3,(H,23,29)/t19-/m1/s1. The summed E-state index contributed by atoms with van der Waals surface area (Å²) >= 11 is 1.66. The normalized spacial score (nSPS) is 16.0. The largest absolute Gasteiger partial charge is 0.377 e. The Bertz CT molecular complexity index is 1010. The van der Waals surface area contributed by atoms with E-state index >= 15 is 0 Å². The predicted molar refractivity (Wildman–Crippen MR) is 119 cm³/mol. The van der Waals surface area contributed by atoms with Crippen LogP contribution in [0.5, 0.6) is 0 Å². The van der Waals surface area contributed by atoms with Gasteiger partial charge in [-0.3, -0.25) is 9.48 Å². The first-order chi connectivity index (χ1) is 15.1. The summed E-state index contributed by atoms with van der Waals surface area (Å²) in [6.45, 7) is 5.87. The molecule has 31 heavy (non-hydrogen) atoms. The van der Waals surface area contributed by atoms with Gasteiger partial charge in [0.1, 0.15) is 6.54 Å². The molecule has 2 aromatic heterocycles. The van der Waals surface area contributed by atoms with E-state index in [1.54, 1.807) is 16.4 Å². The maximum Gasteiger partial charge on any atom is 0.242 e. The summed E-state index contributed by atoms with van der Waals surface area (Å²) < 4.78 is 9.54. The summed E-state index contributed by atoms with van der Waals surface area (Å²) in [7, 11) is 0. The SMILES string of the molecule is Cc1cc(C)n(CC(=O)NCc2nnc(SC[C@H]3CCCO3)n2Cc2ccccc2)n1. The topological polar surface area (TPSA) is 86.9 Å². The summed E-state index contributed by atoms with van der Waals surface area (Å²) in [6, 6.07) is 12.2. The molecule has 0 radical (unpaired) electrons. The van der Waals surface area contributed by atoms with Crippen LogP contribution >= 0.6 is 11.8 Å². The summed E-state index contributed by atoms with van der Waals surface area (Å²) in [4.78, 5) is 12.5. The average Bonchev–Trinajstić information content (AvgIpc) is 3.47. The molecular weight excluding hydrogens is 412 g/mol. The fraction of sp³-hybridized carbons (Fsp3) is 0.455. The van der Waals surface area contributed by atoms with Crippen LogP contribution in [0, 0.1) is 13.8 Å². The Morgan fingerprint density at radius 1 is 1.26 bits per heavy atom. The molecule has 9 heteroatoms. The number of aryl methyl sites for hydroxylation is 2. The molecule has 3 heterocycles. The number of aromatic nitrogens is 5. The molecule has 0 bridgehead atoms. The van der Waals surface area contributed by atoms with E-state index in [2.05, 4.69) is 37.3 Å². The molecule has 164 valence electrons. The molecule has 0 saturated carbocycles. The minimum Gasteiger partial charge on any atom is -0.377 e. The van der Waals surface area contributed by atoms with Gasteiger partial charge in [0.15, 0.2) is 11.0 Å². The summed E-state index contributed by atoms with van der Waals surface area (Å²) in [5, 5.41) is 16.9. The van der Waals surface area contributed by atoms with E-state index < -0.39 is 0 Å². The van der Waals surface area contributed by atoms with Gasteiger partial charge in [0.2, 0.25) is 5.91 Å². The first kappa shape index (κ1) is 21.6. The van der Waals surface area contributed by atoms with Gasteiger partial charge in [-0.25, -0.2) is 0 Å². The fourth-order valence-corrected chi connectivity index (χ4v) is 4.65. The Kier molecular flexibility index (Phi) is 7.03. The Morgan fingerprint density at radius 3 is 2.81 bits per heavy atom. The van der Waals surface area contributed by atoms with Crippen LogP contribution in [0.25, 0.3) is 0 Å². The van der Waals surface area contributed by atoms with Crippen molar-refractivity contribution in [3.05, 3.63) is 59.2 Å². The van der Waals surface area contributed by atoms with Gasteiger partial charge in [-0.15, -0.1) is 10.2 Å². The van der Waals surface area contributed by atoms with Crippen LogP contribution in [0.2, 0.25) is 0 Å². The van der Waals surface area contributed by atoms with Crippen molar-refractivity contribution in [1.29, 1.82) is 0 Å². The number of thioether (sulfide) groups is 1. The quantitative estimate of drug-likeness (QED) is 0.515. The Balaban J connectivity index is 1.43. The first-order valence-electron chi connectivity index (χ1n) is 10.6. The minimum absolute atomic E-state index is 0.103. The van der Waals surface area contributed by atoms with E-state index in [-0.39, 0.29) is 18.6 Å². The molecule has 1 saturated heterocycles. The van der Waals surface area contributed by atoms with Crippen molar-refractivity contribution in [2.75, 3.05) is 12.4 Å². The number of hydrogen-bond donors (Lipinski definition) is 1. The number of carbonyl (C=O) groups excluding carboxylic acids is 1. The maximum atomic E-state index is 12.5. The molecule has 0 unspecified atom stereocenters. The molecule has 4 rings (SSSR count). The van der Waals surface area contributed by atoms with Crippen LogP contribution in [-0.2, 0) is 29.2 Å². The van der Waals surface area contributed by atoms with E-state index in [1.807, 2.05) is 38.1 Å².